The third-order valence-electron chi connectivity index (χ3n) is 1.59. The Morgan fingerprint density at radius 2 is 1.91 bits per heavy atom. The summed E-state index contributed by atoms with van der Waals surface area (Å²) < 4.78 is 1.94. The number of anilines is 1. The summed E-state index contributed by atoms with van der Waals surface area (Å²) in [7, 11) is 0. The first-order valence-electron chi connectivity index (χ1n) is 3.19. The van der Waals surface area contributed by atoms with Gasteiger partial charge in [0.1, 0.15) is 5.82 Å². The smallest absolute Gasteiger partial charge is 0.107 e. The molecule has 2 aromatic heterocycles. The van der Waals surface area contributed by atoms with E-state index in [0.717, 1.165) is 11.3 Å². The minimum Gasteiger partial charge on any atom is -0.385 e. The molecule has 3 heteroatoms. The second kappa shape index (κ2) is 2.84. The van der Waals surface area contributed by atoms with Crippen LogP contribution in [-0.2, 0) is 0 Å². The minimum absolute atomic E-state index is 0. The largest absolute Gasteiger partial charge is 0.385 e. The highest BCUT2D eigenvalue weighted by atomic mass is 35.5. The lowest BCUT2D eigenvalue weighted by atomic mass is 10.4. The highest BCUT2D eigenvalue weighted by Gasteiger charge is 1.92. The zero-order chi connectivity index (χ0) is 6.97. The van der Waals surface area contributed by atoms with Gasteiger partial charge in [0.15, 0.2) is 0 Å². The fourth-order valence-corrected chi connectivity index (χ4v) is 1.08. The number of hydrogen-bond acceptors (Lipinski definition) is 1. The van der Waals surface area contributed by atoms with E-state index in [1.165, 1.54) is 0 Å². The average Bonchev–Trinajstić information content (AvgIpc) is 2.34. The molecule has 0 aliphatic heterocycles. The van der Waals surface area contributed by atoms with E-state index in [2.05, 4.69) is 0 Å². The van der Waals surface area contributed by atoms with Crippen LogP contribution in [0.25, 0.3) is 5.52 Å². The van der Waals surface area contributed by atoms with Gasteiger partial charge < -0.3 is 10.1 Å². The van der Waals surface area contributed by atoms with Crippen LogP contribution in [-0.4, -0.2) is 4.40 Å². The highest BCUT2D eigenvalue weighted by Crippen LogP contribution is 2.09. The van der Waals surface area contributed by atoms with Crippen LogP contribution in [0.15, 0.2) is 36.5 Å². The normalized spacial score (nSPS) is 9.45. The van der Waals surface area contributed by atoms with E-state index >= 15 is 0 Å². The summed E-state index contributed by atoms with van der Waals surface area (Å²) in [5.41, 5.74) is 6.78. The van der Waals surface area contributed by atoms with Gasteiger partial charge in [0.05, 0.1) is 0 Å². The molecule has 0 aliphatic rings. The molecule has 0 radical (unpaired) electrons. The fraction of sp³-hybridized carbons (Fsp3) is 0. The number of halogens is 1. The van der Waals surface area contributed by atoms with Crippen molar-refractivity contribution in [2.75, 3.05) is 5.73 Å². The number of nitrogen functional groups attached to an aromatic ring is 1. The predicted octanol–water partition coefficient (Wildman–Crippen LogP) is 1.94. The molecule has 2 rings (SSSR count). The number of rotatable bonds is 0. The molecule has 2 heterocycles. The van der Waals surface area contributed by atoms with Crippen molar-refractivity contribution in [3.05, 3.63) is 36.5 Å². The molecule has 0 amide bonds. The lowest BCUT2D eigenvalue weighted by Crippen LogP contribution is -1.89. The van der Waals surface area contributed by atoms with Gasteiger partial charge in [0, 0.05) is 11.7 Å². The molecule has 0 spiro atoms. The Morgan fingerprint density at radius 3 is 2.64 bits per heavy atom. The molecule has 2 aromatic rings. The van der Waals surface area contributed by atoms with Crippen molar-refractivity contribution in [3.63, 3.8) is 0 Å². The molecule has 0 saturated heterocycles. The molecular formula is C8H9ClN2. The van der Waals surface area contributed by atoms with Crippen LogP contribution in [0.5, 0.6) is 0 Å². The topological polar surface area (TPSA) is 30.4 Å². The third kappa shape index (κ3) is 1.17. The van der Waals surface area contributed by atoms with Gasteiger partial charge in [-0.25, -0.2) is 0 Å². The van der Waals surface area contributed by atoms with E-state index < -0.39 is 0 Å². The van der Waals surface area contributed by atoms with Crippen LogP contribution in [0.1, 0.15) is 0 Å². The van der Waals surface area contributed by atoms with Crippen molar-refractivity contribution in [3.8, 4) is 0 Å². The lowest BCUT2D eigenvalue weighted by Gasteiger charge is -1.93. The first kappa shape index (κ1) is 7.95. The Kier molecular flexibility index (Phi) is 2.06. The number of hydrogen-bond donors (Lipinski definition) is 1. The molecule has 0 bridgehead atoms. The summed E-state index contributed by atoms with van der Waals surface area (Å²) in [6, 6.07) is 9.87. The van der Waals surface area contributed by atoms with Gasteiger partial charge in [0.2, 0.25) is 0 Å². The van der Waals surface area contributed by atoms with Gasteiger partial charge in [-0.1, -0.05) is 6.07 Å². The SMILES string of the molecule is Cl.Nc1ccc2ccccn12. The van der Waals surface area contributed by atoms with Gasteiger partial charge in [-0.05, 0) is 24.3 Å². The molecule has 58 valence electrons. The molecule has 0 atom stereocenters. The van der Waals surface area contributed by atoms with Crippen LogP contribution in [0, 0.1) is 0 Å². The third-order valence-corrected chi connectivity index (χ3v) is 1.59. The first-order chi connectivity index (χ1) is 4.88. The lowest BCUT2D eigenvalue weighted by molar-refractivity contribution is 1.21. The second-order valence-electron chi connectivity index (χ2n) is 2.25. The van der Waals surface area contributed by atoms with Crippen LogP contribution in [0.2, 0.25) is 0 Å². The predicted molar refractivity (Wildman–Crippen MR) is 49.1 cm³/mol. The van der Waals surface area contributed by atoms with E-state index in [-0.39, 0.29) is 12.4 Å². The number of nitrogens with two attached hydrogens (primary N) is 1. The van der Waals surface area contributed by atoms with Crippen molar-refractivity contribution in [1.82, 2.24) is 4.40 Å². The first-order valence-corrected chi connectivity index (χ1v) is 3.19. The van der Waals surface area contributed by atoms with Crippen LogP contribution >= 0.6 is 12.4 Å². The minimum atomic E-state index is 0. The summed E-state index contributed by atoms with van der Waals surface area (Å²) >= 11 is 0. The van der Waals surface area contributed by atoms with Crippen molar-refractivity contribution in [2.45, 2.75) is 0 Å². The number of fused-ring (bicyclic) bond motifs is 1. The van der Waals surface area contributed by atoms with Crippen molar-refractivity contribution in [2.24, 2.45) is 0 Å². The molecule has 0 saturated carbocycles. The standard InChI is InChI=1S/C8H8N2.ClH/c9-8-5-4-7-3-1-2-6-10(7)8;/h1-6H,9H2;1H. The summed E-state index contributed by atoms with van der Waals surface area (Å²) in [5, 5.41) is 0. The maximum Gasteiger partial charge on any atom is 0.107 e. The van der Waals surface area contributed by atoms with E-state index in [1.807, 2.05) is 40.9 Å². The number of aromatic nitrogens is 1. The Balaban J connectivity index is 0.000000605. The quantitative estimate of drug-likeness (QED) is 0.641. The van der Waals surface area contributed by atoms with E-state index in [4.69, 9.17) is 5.73 Å². The highest BCUT2D eigenvalue weighted by molar-refractivity contribution is 5.85. The molecule has 2 N–H and O–H groups in total. The van der Waals surface area contributed by atoms with Crippen LogP contribution in [0.3, 0.4) is 0 Å². The van der Waals surface area contributed by atoms with Crippen molar-refractivity contribution >= 4 is 23.7 Å². The van der Waals surface area contributed by atoms with Crippen molar-refractivity contribution < 1.29 is 0 Å². The summed E-state index contributed by atoms with van der Waals surface area (Å²) in [5.74, 6) is 0.788. The van der Waals surface area contributed by atoms with Gasteiger partial charge in [-0.3, -0.25) is 0 Å². The fourth-order valence-electron chi connectivity index (χ4n) is 1.08. The monoisotopic (exact) mass is 168 g/mol. The zero-order valence-corrected chi connectivity index (χ0v) is 6.71. The maximum absolute atomic E-state index is 5.64. The molecule has 0 aromatic carbocycles. The molecule has 0 aliphatic carbocycles. The van der Waals surface area contributed by atoms with Crippen molar-refractivity contribution in [1.29, 1.82) is 0 Å². The zero-order valence-electron chi connectivity index (χ0n) is 5.90. The van der Waals surface area contributed by atoms with Gasteiger partial charge in [0.25, 0.3) is 0 Å². The molecule has 2 nitrogen and oxygen atoms in total. The Labute approximate surface area is 71.0 Å². The number of pyridine rings is 1. The Bertz CT molecular complexity index is 354. The molecular weight excluding hydrogens is 160 g/mol. The second-order valence-corrected chi connectivity index (χ2v) is 2.25. The maximum atomic E-state index is 5.64. The molecule has 0 unspecified atom stereocenters. The summed E-state index contributed by atoms with van der Waals surface area (Å²) in [6.45, 7) is 0. The molecule has 0 fully saturated rings. The Hall–Kier alpha value is -1.15. The van der Waals surface area contributed by atoms with Gasteiger partial charge in [-0.15, -0.1) is 12.4 Å². The van der Waals surface area contributed by atoms with Crippen LogP contribution in [0.4, 0.5) is 5.82 Å². The average molecular weight is 169 g/mol. The van der Waals surface area contributed by atoms with E-state index in [0.29, 0.717) is 0 Å². The summed E-state index contributed by atoms with van der Waals surface area (Å²) in [4.78, 5) is 0. The van der Waals surface area contributed by atoms with E-state index in [1.54, 1.807) is 0 Å². The van der Waals surface area contributed by atoms with Gasteiger partial charge >= 0.3 is 0 Å². The number of nitrogens with zero attached hydrogens (tertiary/aromatic N) is 1. The molecule has 11 heavy (non-hydrogen) atoms. The summed E-state index contributed by atoms with van der Waals surface area (Å²) in [6.07, 6.45) is 1.95. The van der Waals surface area contributed by atoms with Gasteiger partial charge in [-0.2, -0.15) is 0 Å². The Morgan fingerprint density at radius 1 is 1.09 bits per heavy atom. The van der Waals surface area contributed by atoms with Crippen LogP contribution < -0.4 is 5.73 Å². The van der Waals surface area contributed by atoms with E-state index in [9.17, 15) is 0 Å².